The molecule has 1 N–H and O–H groups in total. The number of unbranched alkanes of at least 4 members (excludes halogenated alkanes) is 1. The molecule has 1 aromatic carbocycles. The average molecular weight is 422 g/mol. The van der Waals surface area contributed by atoms with Gasteiger partial charge in [0.2, 0.25) is 0 Å². The van der Waals surface area contributed by atoms with E-state index < -0.39 is 0 Å². The molecule has 10 heteroatoms. The molecule has 31 heavy (non-hydrogen) atoms. The van der Waals surface area contributed by atoms with Crippen LogP contribution < -0.4 is 15.0 Å². The predicted molar refractivity (Wildman–Crippen MR) is 117 cm³/mol. The van der Waals surface area contributed by atoms with E-state index in [4.69, 9.17) is 4.74 Å². The summed E-state index contributed by atoms with van der Waals surface area (Å²) < 4.78 is 7.25. The highest BCUT2D eigenvalue weighted by Crippen LogP contribution is 2.18. The Hall–Kier alpha value is -3.69. The number of nitrogens with one attached hydrogen (secondary N) is 1. The van der Waals surface area contributed by atoms with E-state index in [1.165, 1.54) is 12.7 Å². The Morgan fingerprint density at radius 2 is 1.84 bits per heavy atom. The van der Waals surface area contributed by atoms with E-state index in [0.717, 1.165) is 30.1 Å². The lowest BCUT2D eigenvalue weighted by atomic mass is 10.3. The number of piperazine rings is 1. The lowest BCUT2D eigenvalue weighted by Gasteiger charge is -2.35. The third-order valence-corrected chi connectivity index (χ3v) is 5.05. The number of ether oxygens (including phenoxy) is 1. The Morgan fingerprint density at radius 1 is 1.06 bits per heavy atom. The Kier molecular flexibility index (Phi) is 6.56. The summed E-state index contributed by atoms with van der Waals surface area (Å²) in [6.45, 7) is 5.42. The molecule has 0 radical (unpaired) electrons. The van der Waals surface area contributed by atoms with Crippen molar-refractivity contribution in [1.82, 2.24) is 29.6 Å². The predicted octanol–water partition coefficient (Wildman–Crippen LogP) is 2.59. The van der Waals surface area contributed by atoms with Gasteiger partial charge in [-0.25, -0.2) is 24.4 Å². The monoisotopic (exact) mass is 422 g/mol. The Balaban J connectivity index is 1.29. The number of nitrogens with zero attached hydrogens (tertiary/aromatic N) is 7. The number of aromatic nitrogens is 5. The van der Waals surface area contributed by atoms with Crippen LogP contribution in [-0.4, -0.2) is 68.4 Å². The number of amides is 2. The highest BCUT2D eigenvalue weighted by molar-refractivity contribution is 5.89. The molecular formula is C21H26N8O2. The van der Waals surface area contributed by atoms with E-state index in [0.29, 0.717) is 38.6 Å². The maximum Gasteiger partial charge on any atom is 0.321 e. The van der Waals surface area contributed by atoms with Crippen LogP contribution in [0, 0.1) is 0 Å². The van der Waals surface area contributed by atoms with Crippen molar-refractivity contribution < 1.29 is 9.53 Å². The smallest absolute Gasteiger partial charge is 0.321 e. The molecule has 2 aromatic heterocycles. The van der Waals surface area contributed by atoms with Crippen molar-refractivity contribution in [2.75, 3.05) is 43.0 Å². The molecule has 4 rings (SSSR count). The van der Waals surface area contributed by atoms with Crippen LogP contribution >= 0.6 is 0 Å². The van der Waals surface area contributed by atoms with Crippen LogP contribution in [0.15, 0.2) is 49.3 Å². The normalized spacial score (nSPS) is 13.8. The molecule has 0 spiro atoms. The summed E-state index contributed by atoms with van der Waals surface area (Å²) in [4.78, 5) is 29.1. The third-order valence-electron chi connectivity index (χ3n) is 5.05. The van der Waals surface area contributed by atoms with Crippen LogP contribution in [0.5, 0.6) is 5.75 Å². The number of anilines is 2. The largest absolute Gasteiger partial charge is 0.494 e. The molecule has 1 aliphatic rings. The molecule has 162 valence electrons. The van der Waals surface area contributed by atoms with Crippen LogP contribution in [-0.2, 0) is 0 Å². The highest BCUT2D eigenvalue weighted by Gasteiger charge is 2.22. The van der Waals surface area contributed by atoms with Crippen LogP contribution in [0.1, 0.15) is 19.8 Å². The minimum atomic E-state index is -0.106. The summed E-state index contributed by atoms with van der Waals surface area (Å²) in [5.41, 5.74) is 0.753. The summed E-state index contributed by atoms with van der Waals surface area (Å²) in [5, 5.41) is 7.06. The van der Waals surface area contributed by atoms with E-state index in [1.807, 2.05) is 35.2 Å². The van der Waals surface area contributed by atoms with Crippen LogP contribution in [0.4, 0.5) is 16.3 Å². The van der Waals surface area contributed by atoms with Crippen LogP contribution in [0.25, 0.3) is 5.82 Å². The fraction of sp³-hybridized carbons (Fsp3) is 0.381. The maximum absolute atomic E-state index is 12.6. The molecular weight excluding hydrogens is 396 g/mol. The summed E-state index contributed by atoms with van der Waals surface area (Å²) in [7, 11) is 0. The zero-order valence-corrected chi connectivity index (χ0v) is 17.5. The Morgan fingerprint density at radius 3 is 2.55 bits per heavy atom. The first-order chi connectivity index (χ1) is 15.2. The molecule has 2 amide bonds. The molecule has 3 heterocycles. The Bertz CT molecular complexity index is 969. The van der Waals surface area contributed by atoms with Gasteiger partial charge in [0.05, 0.1) is 6.61 Å². The SMILES string of the molecule is CCCCOc1ccc(NC(=O)N2CCN(c3cc(-n4cncn4)ncn3)CC2)cc1. The van der Waals surface area contributed by atoms with Crippen molar-refractivity contribution in [3.05, 3.63) is 49.3 Å². The van der Waals surface area contributed by atoms with Gasteiger partial charge in [0, 0.05) is 37.9 Å². The fourth-order valence-electron chi connectivity index (χ4n) is 3.27. The van der Waals surface area contributed by atoms with Gasteiger partial charge in [-0.2, -0.15) is 5.10 Å². The number of carbonyl (C=O) groups excluding carboxylic acids is 1. The van der Waals surface area contributed by atoms with Crippen molar-refractivity contribution >= 4 is 17.5 Å². The van der Waals surface area contributed by atoms with Crippen molar-refractivity contribution in [1.29, 1.82) is 0 Å². The van der Waals surface area contributed by atoms with Gasteiger partial charge in [-0.05, 0) is 30.7 Å². The second-order valence-corrected chi connectivity index (χ2v) is 7.21. The second-order valence-electron chi connectivity index (χ2n) is 7.21. The molecule has 10 nitrogen and oxygen atoms in total. The third kappa shape index (κ3) is 5.27. The van der Waals surface area contributed by atoms with Gasteiger partial charge < -0.3 is 19.9 Å². The Labute approximate surface area is 180 Å². The molecule has 0 saturated carbocycles. The number of rotatable bonds is 7. The summed E-state index contributed by atoms with van der Waals surface area (Å²) in [6.07, 6.45) is 6.70. The van der Waals surface area contributed by atoms with Crippen molar-refractivity contribution in [3.8, 4) is 11.6 Å². The first kappa shape index (κ1) is 20.6. The summed E-state index contributed by atoms with van der Waals surface area (Å²) >= 11 is 0. The zero-order valence-electron chi connectivity index (χ0n) is 17.5. The molecule has 0 unspecified atom stereocenters. The molecule has 3 aromatic rings. The molecule has 1 aliphatic heterocycles. The molecule has 0 atom stereocenters. The molecule has 1 saturated heterocycles. The molecule has 0 aliphatic carbocycles. The minimum Gasteiger partial charge on any atom is -0.494 e. The lowest BCUT2D eigenvalue weighted by Crippen LogP contribution is -2.50. The minimum absolute atomic E-state index is 0.106. The number of urea groups is 1. The second kappa shape index (κ2) is 9.88. The van der Waals surface area contributed by atoms with Crippen molar-refractivity contribution in [3.63, 3.8) is 0 Å². The van der Waals surface area contributed by atoms with E-state index in [2.05, 4.69) is 37.2 Å². The first-order valence-electron chi connectivity index (χ1n) is 10.4. The van der Waals surface area contributed by atoms with Gasteiger partial charge in [0.1, 0.15) is 30.5 Å². The van der Waals surface area contributed by atoms with Gasteiger partial charge in [-0.15, -0.1) is 0 Å². The fourth-order valence-corrected chi connectivity index (χ4v) is 3.27. The topological polar surface area (TPSA) is 101 Å². The van der Waals surface area contributed by atoms with Crippen LogP contribution in [0.2, 0.25) is 0 Å². The van der Waals surface area contributed by atoms with E-state index >= 15 is 0 Å². The molecule has 0 bridgehead atoms. The zero-order chi connectivity index (χ0) is 21.5. The quantitative estimate of drug-likeness (QED) is 0.584. The molecule has 1 fully saturated rings. The van der Waals surface area contributed by atoms with Gasteiger partial charge in [-0.3, -0.25) is 0 Å². The number of hydrogen-bond acceptors (Lipinski definition) is 7. The number of carbonyl (C=O) groups is 1. The number of hydrogen-bond donors (Lipinski definition) is 1. The van der Waals surface area contributed by atoms with E-state index in [-0.39, 0.29) is 6.03 Å². The van der Waals surface area contributed by atoms with Crippen molar-refractivity contribution in [2.24, 2.45) is 0 Å². The first-order valence-corrected chi connectivity index (χ1v) is 10.4. The van der Waals surface area contributed by atoms with E-state index in [9.17, 15) is 4.79 Å². The van der Waals surface area contributed by atoms with Gasteiger partial charge in [0.15, 0.2) is 5.82 Å². The van der Waals surface area contributed by atoms with Gasteiger partial charge >= 0.3 is 6.03 Å². The maximum atomic E-state index is 12.6. The standard InChI is InChI=1S/C21H26N8O2/c1-2-3-12-31-18-6-4-17(5-7-18)26-21(30)28-10-8-27(9-11-28)19-13-20(24-15-23-19)29-16-22-14-25-29/h4-7,13-16H,2-3,8-12H2,1H3,(H,26,30). The summed E-state index contributed by atoms with van der Waals surface area (Å²) in [5.74, 6) is 2.28. The summed E-state index contributed by atoms with van der Waals surface area (Å²) in [6, 6.07) is 9.25. The highest BCUT2D eigenvalue weighted by atomic mass is 16.5. The average Bonchev–Trinajstić information content (AvgIpc) is 3.36. The number of benzene rings is 1. The lowest BCUT2D eigenvalue weighted by molar-refractivity contribution is 0.208. The van der Waals surface area contributed by atoms with Gasteiger partial charge in [-0.1, -0.05) is 13.3 Å². The van der Waals surface area contributed by atoms with Crippen LogP contribution in [0.3, 0.4) is 0 Å². The van der Waals surface area contributed by atoms with Crippen molar-refractivity contribution in [2.45, 2.75) is 19.8 Å². The van der Waals surface area contributed by atoms with Gasteiger partial charge in [0.25, 0.3) is 0 Å². The van der Waals surface area contributed by atoms with E-state index in [1.54, 1.807) is 11.0 Å².